The number of carboxylic acids is 1. The number of carbonyl (C=O) groups is 2. The molecule has 106 valence electrons. The van der Waals surface area contributed by atoms with Crippen LogP contribution in [0.1, 0.15) is 32.1 Å². The van der Waals surface area contributed by atoms with E-state index in [4.69, 9.17) is 15.6 Å². The van der Waals surface area contributed by atoms with Crippen LogP contribution in [0, 0.1) is 5.92 Å². The topological polar surface area (TPSA) is 92.4 Å². The van der Waals surface area contributed by atoms with Crippen LogP contribution in [0.5, 0.6) is 0 Å². The Kier molecular flexibility index (Phi) is 7.14. The quantitative estimate of drug-likeness (QED) is 0.715. The number of carboxylic acid groups (broad SMARTS) is 1. The van der Waals surface area contributed by atoms with E-state index in [0.29, 0.717) is 5.92 Å². The fraction of sp³-hybridized carbons (Fsp3) is 0.800. The van der Waals surface area contributed by atoms with E-state index in [1.165, 1.54) is 32.1 Å². The highest BCUT2D eigenvalue weighted by Crippen LogP contribution is 2.22. The maximum atomic E-state index is 10.6. The van der Waals surface area contributed by atoms with Gasteiger partial charge in [0.1, 0.15) is 0 Å². The lowest BCUT2D eigenvalue weighted by molar-refractivity contribution is -0.192. The molecule has 0 spiro atoms. The number of hydrogen-bond acceptors (Lipinski definition) is 2. The lowest BCUT2D eigenvalue weighted by Gasteiger charge is -2.20. The predicted molar refractivity (Wildman–Crippen MR) is 57.9 cm³/mol. The molecule has 1 rings (SSSR count). The van der Waals surface area contributed by atoms with Gasteiger partial charge in [0.25, 0.3) is 0 Å². The van der Waals surface area contributed by atoms with E-state index in [1.807, 2.05) is 0 Å². The van der Waals surface area contributed by atoms with Crippen molar-refractivity contribution in [1.29, 1.82) is 0 Å². The number of rotatable bonds is 2. The predicted octanol–water partition coefficient (Wildman–Crippen LogP) is 1.87. The molecule has 1 aliphatic carbocycles. The van der Waals surface area contributed by atoms with Crippen molar-refractivity contribution in [2.75, 3.05) is 6.54 Å². The molecule has 18 heavy (non-hydrogen) atoms. The number of primary amides is 1. The number of hydrogen-bond donors (Lipinski definition) is 3. The van der Waals surface area contributed by atoms with Gasteiger partial charge in [0, 0.05) is 6.54 Å². The fourth-order valence-corrected chi connectivity index (χ4v) is 1.64. The van der Waals surface area contributed by atoms with Gasteiger partial charge in [0.05, 0.1) is 0 Å². The highest BCUT2D eigenvalue weighted by atomic mass is 19.4. The Balaban J connectivity index is 0.000000360. The number of amides is 2. The first-order chi connectivity index (χ1) is 8.23. The van der Waals surface area contributed by atoms with Gasteiger partial charge in [-0.3, -0.25) is 0 Å². The van der Waals surface area contributed by atoms with E-state index in [9.17, 15) is 18.0 Å². The van der Waals surface area contributed by atoms with Crippen LogP contribution in [0.25, 0.3) is 0 Å². The summed E-state index contributed by atoms with van der Waals surface area (Å²) < 4.78 is 31.7. The number of aliphatic carboxylic acids is 1. The van der Waals surface area contributed by atoms with Gasteiger partial charge in [-0.05, 0) is 18.8 Å². The average Bonchev–Trinajstić information content (AvgIpc) is 2.27. The summed E-state index contributed by atoms with van der Waals surface area (Å²) in [4.78, 5) is 19.2. The molecule has 0 bridgehead atoms. The summed E-state index contributed by atoms with van der Waals surface area (Å²) in [5.74, 6) is -2.08. The Morgan fingerprint density at radius 1 is 1.22 bits per heavy atom. The first-order valence-electron chi connectivity index (χ1n) is 5.57. The Labute approximate surface area is 103 Å². The van der Waals surface area contributed by atoms with Crippen molar-refractivity contribution in [2.24, 2.45) is 11.7 Å². The summed E-state index contributed by atoms with van der Waals surface area (Å²) in [5.41, 5.74) is 4.96. The number of nitrogens with one attached hydrogen (secondary N) is 1. The van der Waals surface area contributed by atoms with Crippen LogP contribution in [0.3, 0.4) is 0 Å². The minimum atomic E-state index is -5.08. The molecule has 2 amide bonds. The number of urea groups is 1. The summed E-state index contributed by atoms with van der Waals surface area (Å²) in [5, 5.41) is 9.78. The molecule has 0 unspecified atom stereocenters. The average molecular weight is 270 g/mol. The lowest BCUT2D eigenvalue weighted by Crippen LogP contribution is -2.34. The Morgan fingerprint density at radius 2 is 1.67 bits per heavy atom. The molecule has 0 atom stereocenters. The Morgan fingerprint density at radius 3 is 2.00 bits per heavy atom. The van der Waals surface area contributed by atoms with Crippen molar-refractivity contribution >= 4 is 12.0 Å². The van der Waals surface area contributed by atoms with Crippen molar-refractivity contribution < 1.29 is 27.9 Å². The first-order valence-corrected chi connectivity index (χ1v) is 5.57. The van der Waals surface area contributed by atoms with Crippen LogP contribution in [-0.2, 0) is 4.79 Å². The molecule has 0 aromatic heterocycles. The second-order valence-corrected chi connectivity index (χ2v) is 4.05. The van der Waals surface area contributed by atoms with Crippen LogP contribution in [0.4, 0.5) is 18.0 Å². The van der Waals surface area contributed by atoms with Gasteiger partial charge in [0.2, 0.25) is 0 Å². The van der Waals surface area contributed by atoms with E-state index in [-0.39, 0.29) is 0 Å². The van der Waals surface area contributed by atoms with Crippen LogP contribution in [0.2, 0.25) is 0 Å². The molecule has 0 aliphatic heterocycles. The Hall–Kier alpha value is -1.47. The zero-order chi connectivity index (χ0) is 14.2. The van der Waals surface area contributed by atoms with E-state index in [0.717, 1.165) is 6.54 Å². The molecule has 0 saturated heterocycles. The van der Waals surface area contributed by atoms with Gasteiger partial charge < -0.3 is 16.2 Å². The number of nitrogens with two attached hydrogens (primary N) is 1. The van der Waals surface area contributed by atoms with E-state index >= 15 is 0 Å². The van der Waals surface area contributed by atoms with Crippen molar-refractivity contribution in [1.82, 2.24) is 5.32 Å². The number of alkyl halides is 3. The SMILES string of the molecule is NC(=O)NCC1CCCCC1.O=C(O)C(F)(F)F. The molecule has 8 heteroatoms. The molecule has 5 nitrogen and oxygen atoms in total. The maximum absolute atomic E-state index is 10.6. The van der Waals surface area contributed by atoms with Crippen LogP contribution < -0.4 is 11.1 Å². The molecule has 1 saturated carbocycles. The van der Waals surface area contributed by atoms with Crippen LogP contribution in [0.15, 0.2) is 0 Å². The third-order valence-corrected chi connectivity index (χ3v) is 2.53. The summed E-state index contributed by atoms with van der Waals surface area (Å²) in [6.45, 7) is 0.773. The molecule has 0 radical (unpaired) electrons. The lowest BCUT2D eigenvalue weighted by atomic mass is 9.89. The second kappa shape index (κ2) is 7.78. The number of halogens is 3. The van der Waals surface area contributed by atoms with Crippen molar-refractivity contribution in [3.8, 4) is 0 Å². The van der Waals surface area contributed by atoms with Gasteiger partial charge in [-0.2, -0.15) is 13.2 Å². The summed E-state index contributed by atoms with van der Waals surface area (Å²) in [6.07, 6.45) is 1.39. The smallest absolute Gasteiger partial charge is 0.475 e. The van der Waals surface area contributed by atoms with Crippen LogP contribution >= 0.6 is 0 Å². The Bertz CT molecular complexity index is 276. The highest BCUT2D eigenvalue weighted by molar-refractivity contribution is 5.73. The van der Waals surface area contributed by atoms with Gasteiger partial charge in [-0.25, -0.2) is 9.59 Å². The third-order valence-electron chi connectivity index (χ3n) is 2.53. The summed E-state index contributed by atoms with van der Waals surface area (Å²) in [6, 6.07) is -0.393. The minimum absolute atomic E-state index is 0.393. The first kappa shape index (κ1) is 16.5. The van der Waals surface area contributed by atoms with Crippen molar-refractivity contribution in [3.05, 3.63) is 0 Å². The normalized spacial score (nSPS) is 16.4. The molecule has 0 heterocycles. The van der Waals surface area contributed by atoms with E-state index in [2.05, 4.69) is 5.32 Å². The van der Waals surface area contributed by atoms with Gasteiger partial charge in [-0.1, -0.05) is 19.3 Å². The van der Waals surface area contributed by atoms with E-state index < -0.39 is 18.2 Å². The molecule has 0 aromatic rings. The standard InChI is InChI=1S/C8H16N2O.C2HF3O2/c9-8(11)10-6-7-4-2-1-3-5-7;3-2(4,5)1(6)7/h7H,1-6H2,(H3,9,10,11);(H,6,7). The monoisotopic (exact) mass is 270 g/mol. The molecule has 1 fully saturated rings. The molecule has 1 aliphatic rings. The largest absolute Gasteiger partial charge is 0.490 e. The minimum Gasteiger partial charge on any atom is -0.475 e. The molecular formula is C10H17F3N2O3. The molecular weight excluding hydrogens is 253 g/mol. The third kappa shape index (κ3) is 8.66. The molecule has 0 aromatic carbocycles. The van der Waals surface area contributed by atoms with Crippen molar-refractivity contribution in [2.45, 2.75) is 38.3 Å². The number of carbonyl (C=O) groups excluding carboxylic acids is 1. The van der Waals surface area contributed by atoms with Gasteiger partial charge in [-0.15, -0.1) is 0 Å². The maximum Gasteiger partial charge on any atom is 0.490 e. The van der Waals surface area contributed by atoms with Gasteiger partial charge >= 0.3 is 18.2 Å². The fourth-order valence-electron chi connectivity index (χ4n) is 1.64. The van der Waals surface area contributed by atoms with Crippen LogP contribution in [-0.4, -0.2) is 29.8 Å². The summed E-state index contributed by atoms with van der Waals surface area (Å²) in [7, 11) is 0. The summed E-state index contributed by atoms with van der Waals surface area (Å²) >= 11 is 0. The molecule has 4 N–H and O–H groups in total. The zero-order valence-corrected chi connectivity index (χ0v) is 9.79. The van der Waals surface area contributed by atoms with E-state index in [1.54, 1.807) is 0 Å². The zero-order valence-electron chi connectivity index (χ0n) is 9.79. The van der Waals surface area contributed by atoms with Crippen molar-refractivity contribution in [3.63, 3.8) is 0 Å². The second-order valence-electron chi connectivity index (χ2n) is 4.05. The highest BCUT2D eigenvalue weighted by Gasteiger charge is 2.38. The van der Waals surface area contributed by atoms with Gasteiger partial charge in [0.15, 0.2) is 0 Å².